The van der Waals surface area contributed by atoms with Gasteiger partial charge in [0.25, 0.3) is 0 Å². The number of hydrogen-bond acceptors (Lipinski definition) is 2. The van der Waals surface area contributed by atoms with Crippen LogP contribution in [0.1, 0.15) is 48.9 Å². The van der Waals surface area contributed by atoms with Crippen molar-refractivity contribution >= 4 is 5.97 Å². The molecule has 0 spiro atoms. The molecule has 0 aliphatic heterocycles. The number of ether oxygens (including phenoxy) is 1. The Bertz CT molecular complexity index is 669. The summed E-state index contributed by atoms with van der Waals surface area (Å²) < 4.78 is 5.60. The van der Waals surface area contributed by atoms with E-state index >= 15 is 0 Å². The highest BCUT2D eigenvalue weighted by molar-refractivity contribution is 5.80. The third kappa shape index (κ3) is 4.69. The molecule has 0 aliphatic carbocycles. The largest absolute Gasteiger partial charge is 0.426 e. The predicted octanol–water partition coefficient (Wildman–Crippen LogP) is 5.21. The Morgan fingerprint density at radius 3 is 2.26 bits per heavy atom. The van der Waals surface area contributed by atoms with Crippen molar-refractivity contribution in [3.05, 3.63) is 64.7 Å². The summed E-state index contributed by atoms with van der Waals surface area (Å²) >= 11 is 0. The van der Waals surface area contributed by atoms with E-state index < -0.39 is 0 Å². The van der Waals surface area contributed by atoms with Crippen LogP contribution in [0.15, 0.2) is 42.5 Å². The van der Waals surface area contributed by atoms with Gasteiger partial charge in [0.2, 0.25) is 0 Å². The maximum Gasteiger partial charge on any atom is 0.318 e. The summed E-state index contributed by atoms with van der Waals surface area (Å²) in [7, 11) is 0. The molecule has 0 fully saturated rings. The average Bonchev–Trinajstić information content (AvgIpc) is 2.50. The van der Waals surface area contributed by atoms with Gasteiger partial charge in [-0.25, -0.2) is 0 Å². The van der Waals surface area contributed by atoms with Crippen molar-refractivity contribution in [3.8, 4) is 5.75 Å². The number of carbonyl (C=O) groups is 1. The molecule has 0 aromatic heterocycles. The second-order valence-corrected chi connectivity index (χ2v) is 6.75. The number of benzene rings is 2. The van der Waals surface area contributed by atoms with Gasteiger partial charge in [0.1, 0.15) is 5.75 Å². The molecule has 0 aliphatic rings. The summed E-state index contributed by atoms with van der Waals surface area (Å²) in [5.74, 6) is 0.795. The molecule has 2 aromatic carbocycles. The van der Waals surface area contributed by atoms with Crippen LogP contribution >= 0.6 is 0 Å². The minimum absolute atomic E-state index is 0.213. The van der Waals surface area contributed by atoms with Crippen LogP contribution in [-0.4, -0.2) is 5.97 Å². The molecule has 0 saturated heterocycles. The van der Waals surface area contributed by atoms with Gasteiger partial charge in [-0.2, -0.15) is 0 Å². The highest BCUT2D eigenvalue weighted by atomic mass is 16.5. The van der Waals surface area contributed by atoms with Crippen molar-refractivity contribution in [1.29, 1.82) is 0 Å². The van der Waals surface area contributed by atoms with Crippen LogP contribution in [0.25, 0.3) is 0 Å². The van der Waals surface area contributed by atoms with E-state index in [-0.39, 0.29) is 11.9 Å². The van der Waals surface area contributed by atoms with Gasteiger partial charge >= 0.3 is 5.97 Å². The Morgan fingerprint density at radius 2 is 1.65 bits per heavy atom. The lowest BCUT2D eigenvalue weighted by Crippen LogP contribution is -2.16. The van der Waals surface area contributed by atoms with E-state index in [0.717, 1.165) is 23.1 Å². The fourth-order valence-corrected chi connectivity index (χ4v) is 2.56. The SMILES string of the molecule is Cc1ccc(C)c(OC(=O)[C@H](C)c2ccc(CC(C)C)cc2)c1. The van der Waals surface area contributed by atoms with E-state index in [2.05, 4.69) is 26.0 Å². The first kappa shape index (κ1) is 17.3. The monoisotopic (exact) mass is 310 g/mol. The first-order valence-electron chi connectivity index (χ1n) is 8.24. The molecule has 2 aromatic rings. The summed E-state index contributed by atoms with van der Waals surface area (Å²) in [4.78, 5) is 12.4. The highest BCUT2D eigenvalue weighted by Gasteiger charge is 2.18. The number of aryl methyl sites for hydroxylation is 2. The molecule has 0 radical (unpaired) electrons. The molecule has 0 unspecified atom stereocenters. The summed E-state index contributed by atoms with van der Waals surface area (Å²) in [5, 5.41) is 0. The van der Waals surface area contributed by atoms with Gasteiger partial charge in [0.05, 0.1) is 5.92 Å². The van der Waals surface area contributed by atoms with Gasteiger partial charge < -0.3 is 4.74 Å². The lowest BCUT2D eigenvalue weighted by molar-refractivity contribution is -0.135. The fraction of sp³-hybridized carbons (Fsp3) is 0.381. The third-order valence-corrected chi connectivity index (χ3v) is 4.03. The Kier molecular flexibility index (Phi) is 5.59. The van der Waals surface area contributed by atoms with E-state index in [1.54, 1.807) is 0 Å². The molecule has 0 bridgehead atoms. The first-order chi connectivity index (χ1) is 10.9. The fourth-order valence-electron chi connectivity index (χ4n) is 2.56. The Morgan fingerprint density at radius 1 is 1.00 bits per heavy atom. The summed E-state index contributed by atoms with van der Waals surface area (Å²) in [6.07, 6.45) is 1.06. The second kappa shape index (κ2) is 7.45. The molecular formula is C21H26O2. The zero-order valence-electron chi connectivity index (χ0n) is 14.7. The molecule has 2 rings (SSSR count). The van der Waals surface area contributed by atoms with Crippen LogP contribution in [0, 0.1) is 19.8 Å². The predicted molar refractivity (Wildman–Crippen MR) is 95.0 cm³/mol. The van der Waals surface area contributed by atoms with E-state index in [4.69, 9.17) is 4.74 Å². The smallest absolute Gasteiger partial charge is 0.318 e. The van der Waals surface area contributed by atoms with Crippen LogP contribution in [0.5, 0.6) is 5.75 Å². The zero-order valence-corrected chi connectivity index (χ0v) is 14.7. The lowest BCUT2D eigenvalue weighted by Gasteiger charge is -2.14. The van der Waals surface area contributed by atoms with E-state index in [1.807, 2.05) is 51.1 Å². The maximum absolute atomic E-state index is 12.4. The van der Waals surface area contributed by atoms with Gasteiger partial charge in [-0.3, -0.25) is 4.79 Å². The molecule has 0 amide bonds. The van der Waals surface area contributed by atoms with Crippen molar-refractivity contribution in [2.24, 2.45) is 5.92 Å². The molecule has 2 nitrogen and oxygen atoms in total. The maximum atomic E-state index is 12.4. The number of hydrogen-bond donors (Lipinski definition) is 0. The molecule has 0 heterocycles. The van der Waals surface area contributed by atoms with Crippen molar-refractivity contribution < 1.29 is 9.53 Å². The highest BCUT2D eigenvalue weighted by Crippen LogP contribution is 2.24. The molecular weight excluding hydrogens is 284 g/mol. The lowest BCUT2D eigenvalue weighted by atomic mass is 9.97. The Labute approximate surface area is 139 Å². The van der Waals surface area contributed by atoms with Crippen LogP contribution in [0.4, 0.5) is 0 Å². The second-order valence-electron chi connectivity index (χ2n) is 6.75. The van der Waals surface area contributed by atoms with Crippen molar-refractivity contribution in [3.63, 3.8) is 0 Å². The molecule has 23 heavy (non-hydrogen) atoms. The molecule has 1 atom stereocenters. The summed E-state index contributed by atoms with van der Waals surface area (Å²) in [6, 6.07) is 14.2. The average molecular weight is 310 g/mol. The van der Waals surface area contributed by atoms with Crippen molar-refractivity contribution in [1.82, 2.24) is 0 Å². The molecule has 122 valence electrons. The van der Waals surface area contributed by atoms with E-state index in [9.17, 15) is 4.79 Å². The summed E-state index contributed by atoms with van der Waals surface area (Å²) in [5.41, 5.74) is 4.36. The minimum Gasteiger partial charge on any atom is -0.426 e. The van der Waals surface area contributed by atoms with Gasteiger partial charge in [0.15, 0.2) is 0 Å². The molecule has 0 saturated carbocycles. The minimum atomic E-state index is -0.275. The van der Waals surface area contributed by atoms with Crippen LogP contribution in [-0.2, 0) is 11.2 Å². The van der Waals surface area contributed by atoms with Crippen molar-refractivity contribution in [2.45, 2.75) is 47.0 Å². The number of esters is 1. The van der Waals surface area contributed by atoms with Crippen molar-refractivity contribution in [2.75, 3.05) is 0 Å². The van der Waals surface area contributed by atoms with Crippen LogP contribution in [0.2, 0.25) is 0 Å². The standard InChI is InChI=1S/C21H26O2/c1-14(2)12-18-8-10-19(11-9-18)17(5)21(22)23-20-13-15(3)6-7-16(20)4/h6-11,13-14,17H,12H2,1-5H3/t17-/m1/s1. The van der Waals surface area contributed by atoms with Gasteiger partial charge in [-0.1, -0.05) is 50.2 Å². The van der Waals surface area contributed by atoms with Gasteiger partial charge in [0, 0.05) is 0 Å². The van der Waals surface area contributed by atoms with Crippen LogP contribution in [0.3, 0.4) is 0 Å². The quantitative estimate of drug-likeness (QED) is 0.559. The molecule has 0 N–H and O–H groups in total. The third-order valence-electron chi connectivity index (χ3n) is 4.03. The van der Waals surface area contributed by atoms with Crippen LogP contribution < -0.4 is 4.74 Å². The van der Waals surface area contributed by atoms with Gasteiger partial charge in [-0.05, 0) is 61.4 Å². The topological polar surface area (TPSA) is 26.3 Å². The zero-order chi connectivity index (χ0) is 17.0. The number of rotatable bonds is 5. The normalized spacial score (nSPS) is 12.3. The van der Waals surface area contributed by atoms with E-state index in [1.165, 1.54) is 5.56 Å². The first-order valence-corrected chi connectivity index (χ1v) is 8.24. The Balaban J connectivity index is 2.08. The van der Waals surface area contributed by atoms with E-state index in [0.29, 0.717) is 11.7 Å². The number of carbonyl (C=O) groups excluding carboxylic acids is 1. The Hall–Kier alpha value is -2.09. The van der Waals surface area contributed by atoms with Gasteiger partial charge in [-0.15, -0.1) is 0 Å². The molecule has 2 heteroatoms. The summed E-state index contributed by atoms with van der Waals surface area (Å²) in [6.45, 7) is 10.3.